The highest BCUT2D eigenvalue weighted by Gasteiger charge is 1.99. The zero-order valence-electron chi connectivity index (χ0n) is 14.0. The summed E-state index contributed by atoms with van der Waals surface area (Å²) in [5, 5.41) is 3.05. The van der Waals surface area contributed by atoms with Crippen LogP contribution in [0, 0.1) is 0 Å². The van der Waals surface area contributed by atoms with Gasteiger partial charge in [0.1, 0.15) is 11.5 Å². The number of hydrogen-bond acceptors (Lipinski definition) is 3. The van der Waals surface area contributed by atoms with Crippen LogP contribution in [0.15, 0.2) is 53.5 Å². The molecule has 2 aromatic rings. The third-order valence-corrected chi connectivity index (χ3v) is 3.17. The molecule has 0 heterocycles. The van der Waals surface area contributed by atoms with Gasteiger partial charge in [0.15, 0.2) is 5.96 Å². The molecule has 0 aliphatic carbocycles. The first-order chi connectivity index (χ1) is 11.2. The molecule has 0 spiro atoms. The molecule has 2 aromatic carbocycles. The molecule has 130 valence electrons. The number of anilines is 1. The van der Waals surface area contributed by atoms with Crippen molar-refractivity contribution in [3.63, 3.8) is 0 Å². The molecular formula is C18H24IN3O2. The van der Waals surface area contributed by atoms with Gasteiger partial charge in [-0.15, -0.1) is 24.0 Å². The highest BCUT2D eigenvalue weighted by atomic mass is 127. The zero-order valence-corrected chi connectivity index (χ0v) is 16.3. The Bertz CT molecular complexity index is 645. The summed E-state index contributed by atoms with van der Waals surface area (Å²) in [6.07, 6.45) is 0.987. The molecule has 0 aliphatic heterocycles. The van der Waals surface area contributed by atoms with Gasteiger partial charge in [-0.2, -0.15) is 0 Å². The summed E-state index contributed by atoms with van der Waals surface area (Å²) in [4.78, 5) is 4.35. The van der Waals surface area contributed by atoms with Gasteiger partial charge in [-0.3, -0.25) is 0 Å². The molecule has 0 atom stereocenters. The van der Waals surface area contributed by atoms with Crippen LogP contribution in [0.3, 0.4) is 0 Å². The Labute approximate surface area is 160 Å². The average Bonchev–Trinajstić information content (AvgIpc) is 2.59. The average molecular weight is 441 g/mol. The van der Waals surface area contributed by atoms with Gasteiger partial charge in [0.05, 0.1) is 20.3 Å². The topological polar surface area (TPSA) is 68.9 Å². The largest absolute Gasteiger partial charge is 0.497 e. The van der Waals surface area contributed by atoms with E-state index in [1.807, 2.05) is 48.5 Å². The maximum absolute atomic E-state index is 5.92. The van der Waals surface area contributed by atoms with Crippen LogP contribution in [0.5, 0.6) is 11.5 Å². The first-order valence-electron chi connectivity index (χ1n) is 7.64. The second-order valence-corrected chi connectivity index (χ2v) is 5.05. The van der Waals surface area contributed by atoms with Gasteiger partial charge in [0.25, 0.3) is 0 Å². The summed E-state index contributed by atoms with van der Waals surface area (Å²) in [5.74, 6) is 2.03. The molecule has 0 aromatic heterocycles. The Morgan fingerprint density at radius 3 is 2.54 bits per heavy atom. The first kappa shape index (κ1) is 20.1. The van der Waals surface area contributed by atoms with Crippen LogP contribution in [0.1, 0.15) is 18.9 Å². The summed E-state index contributed by atoms with van der Waals surface area (Å²) in [6, 6.07) is 15.4. The number of methoxy groups -OCH3 is 1. The molecule has 0 aliphatic rings. The zero-order chi connectivity index (χ0) is 16.5. The van der Waals surface area contributed by atoms with Crippen LogP contribution < -0.4 is 20.5 Å². The predicted octanol–water partition coefficient (Wildman–Crippen LogP) is 4.03. The lowest BCUT2D eigenvalue weighted by atomic mass is 10.2. The van der Waals surface area contributed by atoms with Crippen molar-refractivity contribution in [2.75, 3.05) is 19.0 Å². The summed E-state index contributed by atoms with van der Waals surface area (Å²) >= 11 is 0. The standard InChI is InChI=1S/C18H23N3O2.HI/c1-3-11-23-17-6-4-5-14(12-17)13-20-18(19)21-15-7-9-16(22-2)10-8-15;/h4-10,12H,3,11,13H2,1-2H3,(H3,19,20,21);1H. The molecule has 0 saturated carbocycles. The van der Waals surface area contributed by atoms with E-state index in [-0.39, 0.29) is 24.0 Å². The second-order valence-electron chi connectivity index (χ2n) is 5.05. The number of rotatable bonds is 7. The fourth-order valence-electron chi connectivity index (χ4n) is 1.99. The van der Waals surface area contributed by atoms with E-state index in [1.54, 1.807) is 7.11 Å². The van der Waals surface area contributed by atoms with Crippen molar-refractivity contribution in [2.45, 2.75) is 19.9 Å². The number of nitrogens with one attached hydrogen (secondary N) is 1. The molecule has 24 heavy (non-hydrogen) atoms. The number of ether oxygens (including phenoxy) is 2. The minimum absolute atomic E-state index is 0. The lowest BCUT2D eigenvalue weighted by Crippen LogP contribution is -2.22. The van der Waals surface area contributed by atoms with Crippen LogP contribution in [0.25, 0.3) is 0 Å². The third kappa shape index (κ3) is 6.66. The van der Waals surface area contributed by atoms with Crippen LogP contribution in [0.2, 0.25) is 0 Å². The monoisotopic (exact) mass is 441 g/mol. The van der Waals surface area contributed by atoms with Gasteiger partial charge in [-0.25, -0.2) is 4.99 Å². The molecule has 0 bridgehead atoms. The van der Waals surface area contributed by atoms with Crippen molar-refractivity contribution in [2.24, 2.45) is 10.7 Å². The molecule has 0 fully saturated rings. The molecule has 0 saturated heterocycles. The minimum atomic E-state index is 0. The van der Waals surface area contributed by atoms with Gasteiger partial charge in [-0.05, 0) is 48.4 Å². The van der Waals surface area contributed by atoms with Crippen molar-refractivity contribution in [3.8, 4) is 11.5 Å². The number of aliphatic imine (C=N–C) groups is 1. The number of nitrogens with two attached hydrogens (primary N) is 1. The fourth-order valence-corrected chi connectivity index (χ4v) is 1.99. The molecule has 6 heteroatoms. The maximum atomic E-state index is 5.92. The first-order valence-corrected chi connectivity index (χ1v) is 7.64. The highest BCUT2D eigenvalue weighted by molar-refractivity contribution is 14.0. The van der Waals surface area contributed by atoms with Crippen molar-refractivity contribution < 1.29 is 9.47 Å². The van der Waals surface area contributed by atoms with E-state index in [2.05, 4.69) is 17.2 Å². The Hall–Kier alpha value is -1.96. The van der Waals surface area contributed by atoms with Gasteiger partial charge in [-0.1, -0.05) is 19.1 Å². The quantitative estimate of drug-likeness (QED) is 0.387. The van der Waals surface area contributed by atoms with Crippen molar-refractivity contribution in [3.05, 3.63) is 54.1 Å². The molecule has 0 radical (unpaired) electrons. The van der Waals surface area contributed by atoms with Gasteiger partial charge in [0.2, 0.25) is 0 Å². The number of nitrogens with zero attached hydrogens (tertiary/aromatic N) is 1. The van der Waals surface area contributed by atoms with Crippen molar-refractivity contribution in [1.29, 1.82) is 0 Å². The smallest absolute Gasteiger partial charge is 0.193 e. The van der Waals surface area contributed by atoms with E-state index in [4.69, 9.17) is 15.2 Å². The van der Waals surface area contributed by atoms with Crippen LogP contribution in [0.4, 0.5) is 5.69 Å². The van der Waals surface area contributed by atoms with Gasteiger partial charge in [0, 0.05) is 5.69 Å². The van der Waals surface area contributed by atoms with E-state index in [9.17, 15) is 0 Å². The van der Waals surface area contributed by atoms with E-state index in [0.29, 0.717) is 19.1 Å². The molecule has 0 amide bonds. The molecule has 3 N–H and O–H groups in total. The minimum Gasteiger partial charge on any atom is -0.497 e. The number of halogens is 1. The second kappa shape index (κ2) is 10.7. The van der Waals surface area contributed by atoms with E-state index < -0.39 is 0 Å². The normalized spacial score (nSPS) is 10.7. The molecular weight excluding hydrogens is 417 g/mol. The summed E-state index contributed by atoms with van der Waals surface area (Å²) in [7, 11) is 1.64. The van der Waals surface area contributed by atoms with Crippen molar-refractivity contribution >= 4 is 35.6 Å². The molecule has 5 nitrogen and oxygen atoms in total. The number of guanidine groups is 1. The maximum Gasteiger partial charge on any atom is 0.193 e. The van der Waals surface area contributed by atoms with E-state index in [1.165, 1.54) is 0 Å². The Morgan fingerprint density at radius 2 is 1.88 bits per heavy atom. The van der Waals surface area contributed by atoms with Gasteiger partial charge >= 0.3 is 0 Å². The number of benzene rings is 2. The lowest BCUT2D eigenvalue weighted by molar-refractivity contribution is 0.317. The fraction of sp³-hybridized carbons (Fsp3) is 0.278. The Morgan fingerprint density at radius 1 is 1.12 bits per heavy atom. The van der Waals surface area contributed by atoms with Gasteiger partial charge < -0.3 is 20.5 Å². The third-order valence-electron chi connectivity index (χ3n) is 3.17. The van der Waals surface area contributed by atoms with E-state index in [0.717, 1.165) is 29.2 Å². The summed E-state index contributed by atoms with van der Waals surface area (Å²) in [6.45, 7) is 3.30. The van der Waals surface area contributed by atoms with Crippen molar-refractivity contribution in [1.82, 2.24) is 0 Å². The summed E-state index contributed by atoms with van der Waals surface area (Å²) < 4.78 is 10.7. The SMILES string of the molecule is CCCOc1cccc(CN=C(N)Nc2ccc(OC)cc2)c1.I. The van der Waals surface area contributed by atoms with Crippen LogP contribution in [-0.4, -0.2) is 19.7 Å². The lowest BCUT2D eigenvalue weighted by Gasteiger charge is -2.08. The Balaban J connectivity index is 0.00000288. The number of hydrogen-bond donors (Lipinski definition) is 2. The highest BCUT2D eigenvalue weighted by Crippen LogP contribution is 2.16. The Kier molecular flexibility index (Phi) is 8.99. The molecule has 2 rings (SSSR count). The molecule has 0 unspecified atom stereocenters. The van der Waals surface area contributed by atoms with Crippen LogP contribution in [-0.2, 0) is 6.54 Å². The summed E-state index contributed by atoms with van der Waals surface area (Å²) in [5.41, 5.74) is 7.84. The predicted molar refractivity (Wildman–Crippen MR) is 110 cm³/mol. The van der Waals surface area contributed by atoms with E-state index >= 15 is 0 Å². The van der Waals surface area contributed by atoms with Crippen LogP contribution >= 0.6 is 24.0 Å².